The first-order valence-corrected chi connectivity index (χ1v) is 10.5. The largest absolute Gasteiger partial charge is 0.454 e. The van der Waals surface area contributed by atoms with Crippen LogP contribution in [-0.2, 0) is 19.6 Å². The van der Waals surface area contributed by atoms with E-state index in [2.05, 4.69) is 4.72 Å². The van der Waals surface area contributed by atoms with Gasteiger partial charge in [-0.2, -0.15) is 0 Å². The van der Waals surface area contributed by atoms with Crippen LogP contribution in [0.15, 0.2) is 41.3 Å². The van der Waals surface area contributed by atoms with Crippen LogP contribution in [0.5, 0.6) is 0 Å². The zero-order valence-corrected chi connectivity index (χ0v) is 18.1. The van der Waals surface area contributed by atoms with E-state index in [9.17, 15) is 22.4 Å². The highest BCUT2D eigenvalue weighted by Gasteiger charge is 2.26. The summed E-state index contributed by atoms with van der Waals surface area (Å²) in [5.41, 5.74) is -0.882. The highest BCUT2D eigenvalue weighted by Crippen LogP contribution is 2.30. The molecular weight excluding hydrogens is 444 g/mol. The molecule has 10 heteroatoms. The standard InChI is InChI=1S/C19H18Cl2FNO5S/c1-19(2,3)17(24)10-28-18(25)13-8-16(15(21)9-14(13)20)29(26,27)23-12-6-4-11(22)5-7-12/h4-9,23H,10H2,1-3H3. The van der Waals surface area contributed by atoms with Gasteiger partial charge in [0, 0.05) is 11.1 Å². The molecule has 0 unspecified atom stereocenters. The second kappa shape index (κ2) is 8.69. The van der Waals surface area contributed by atoms with Gasteiger partial charge in [-0.1, -0.05) is 44.0 Å². The Labute approximate surface area is 178 Å². The Bertz CT molecular complexity index is 1050. The van der Waals surface area contributed by atoms with Gasteiger partial charge in [0.15, 0.2) is 12.4 Å². The molecule has 29 heavy (non-hydrogen) atoms. The van der Waals surface area contributed by atoms with E-state index in [1.165, 1.54) is 12.1 Å². The fourth-order valence-corrected chi connectivity index (χ4v) is 3.95. The third kappa shape index (κ3) is 5.91. The number of benzene rings is 2. The van der Waals surface area contributed by atoms with E-state index in [4.69, 9.17) is 27.9 Å². The number of rotatable bonds is 6. The number of sulfonamides is 1. The fraction of sp³-hybridized carbons (Fsp3) is 0.263. The van der Waals surface area contributed by atoms with Gasteiger partial charge in [0.25, 0.3) is 10.0 Å². The molecule has 0 fully saturated rings. The Kier molecular flexibility index (Phi) is 6.93. The summed E-state index contributed by atoms with van der Waals surface area (Å²) in [5, 5.41) is -0.365. The normalized spacial score (nSPS) is 11.8. The summed E-state index contributed by atoms with van der Waals surface area (Å²) in [6.07, 6.45) is 0. The molecule has 156 valence electrons. The third-order valence-corrected chi connectivity index (χ3v) is 5.96. The maximum atomic E-state index is 13.0. The lowest BCUT2D eigenvalue weighted by molar-refractivity contribution is -0.129. The third-order valence-electron chi connectivity index (χ3n) is 3.80. The minimum absolute atomic E-state index is 0.0947. The summed E-state index contributed by atoms with van der Waals surface area (Å²) in [4.78, 5) is 23.8. The number of Topliss-reactive ketones (excluding diaryl/α,β-unsaturated/α-hetero) is 1. The molecule has 0 aliphatic heterocycles. The topological polar surface area (TPSA) is 89.5 Å². The zero-order chi connectivity index (χ0) is 22.0. The molecule has 0 aliphatic rings. The summed E-state index contributed by atoms with van der Waals surface area (Å²) in [5.74, 6) is -1.82. The summed E-state index contributed by atoms with van der Waals surface area (Å²) in [6, 6.07) is 6.66. The molecule has 0 heterocycles. The van der Waals surface area contributed by atoms with Crippen LogP contribution >= 0.6 is 23.2 Å². The first-order chi connectivity index (χ1) is 13.3. The predicted molar refractivity (Wildman–Crippen MR) is 108 cm³/mol. The molecule has 0 spiro atoms. The summed E-state index contributed by atoms with van der Waals surface area (Å²) >= 11 is 12.0. The monoisotopic (exact) mass is 461 g/mol. The molecule has 0 radical (unpaired) electrons. The smallest absolute Gasteiger partial charge is 0.340 e. The molecule has 0 atom stereocenters. The lowest BCUT2D eigenvalue weighted by Gasteiger charge is -2.16. The summed E-state index contributed by atoms with van der Waals surface area (Å²) in [6.45, 7) is 4.52. The first kappa shape index (κ1) is 23.1. The second-order valence-electron chi connectivity index (χ2n) is 7.12. The van der Waals surface area contributed by atoms with E-state index < -0.39 is 38.7 Å². The minimum Gasteiger partial charge on any atom is -0.454 e. The first-order valence-electron chi connectivity index (χ1n) is 8.29. The van der Waals surface area contributed by atoms with Gasteiger partial charge < -0.3 is 4.74 Å². The summed E-state index contributed by atoms with van der Waals surface area (Å²) in [7, 11) is -4.22. The number of ether oxygens (including phenoxy) is 1. The van der Waals surface area contributed by atoms with Crippen molar-refractivity contribution >= 4 is 50.7 Å². The van der Waals surface area contributed by atoms with Gasteiger partial charge in [-0.15, -0.1) is 0 Å². The Balaban J connectivity index is 2.31. The lowest BCUT2D eigenvalue weighted by atomic mass is 9.91. The van der Waals surface area contributed by atoms with E-state index in [1.54, 1.807) is 20.8 Å². The zero-order valence-electron chi connectivity index (χ0n) is 15.8. The molecule has 2 aromatic rings. The van der Waals surface area contributed by atoms with Crippen LogP contribution in [-0.4, -0.2) is 26.8 Å². The van der Waals surface area contributed by atoms with Crippen LogP contribution in [0, 0.1) is 11.2 Å². The van der Waals surface area contributed by atoms with Crippen molar-refractivity contribution in [1.82, 2.24) is 0 Å². The fourth-order valence-electron chi connectivity index (χ4n) is 2.04. The Morgan fingerprint density at radius 1 is 1.07 bits per heavy atom. The number of hydrogen-bond acceptors (Lipinski definition) is 5. The van der Waals surface area contributed by atoms with Crippen molar-refractivity contribution in [2.24, 2.45) is 5.41 Å². The number of carbonyl (C=O) groups excluding carboxylic acids is 2. The highest BCUT2D eigenvalue weighted by atomic mass is 35.5. The van der Waals surface area contributed by atoms with Gasteiger partial charge in [0.1, 0.15) is 10.7 Å². The van der Waals surface area contributed by atoms with Crippen molar-refractivity contribution < 1.29 is 27.1 Å². The van der Waals surface area contributed by atoms with E-state index in [-0.39, 0.29) is 27.1 Å². The van der Waals surface area contributed by atoms with Gasteiger partial charge in [0.05, 0.1) is 15.6 Å². The van der Waals surface area contributed by atoms with Crippen LogP contribution < -0.4 is 4.72 Å². The van der Waals surface area contributed by atoms with E-state index in [1.807, 2.05) is 0 Å². The van der Waals surface area contributed by atoms with Gasteiger partial charge >= 0.3 is 5.97 Å². The number of esters is 1. The van der Waals surface area contributed by atoms with Crippen LogP contribution in [0.25, 0.3) is 0 Å². The average Bonchev–Trinajstić information content (AvgIpc) is 2.60. The summed E-state index contributed by atoms with van der Waals surface area (Å²) < 4.78 is 45.5. The van der Waals surface area contributed by atoms with Crippen LogP contribution in [0.3, 0.4) is 0 Å². The Hall–Kier alpha value is -2.16. The molecule has 0 aromatic heterocycles. The predicted octanol–water partition coefficient (Wildman–Crippen LogP) is 4.71. The number of hydrogen-bond donors (Lipinski definition) is 1. The quantitative estimate of drug-likeness (QED) is 0.629. The van der Waals surface area contributed by atoms with E-state index >= 15 is 0 Å². The van der Waals surface area contributed by atoms with Crippen molar-refractivity contribution in [2.45, 2.75) is 25.7 Å². The van der Waals surface area contributed by atoms with E-state index in [0.29, 0.717) is 0 Å². The molecule has 1 N–H and O–H groups in total. The molecule has 0 aliphatic carbocycles. The molecule has 0 amide bonds. The maximum Gasteiger partial charge on any atom is 0.340 e. The second-order valence-corrected chi connectivity index (χ2v) is 9.59. The van der Waals surface area contributed by atoms with Gasteiger partial charge in [0.2, 0.25) is 0 Å². The minimum atomic E-state index is -4.22. The molecule has 0 saturated heterocycles. The van der Waals surface area contributed by atoms with Crippen molar-refractivity contribution in [1.29, 1.82) is 0 Å². The molecule has 6 nitrogen and oxygen atoms in total. The van der Waals surface area contributed by atoms with Crippen molar-refractivity contribution in [3.05, 3.63) is 57.8 Å². The lowest BCUT2D eigenvalue weighted by Crippen LogP contribution is -2.26. The Morgan fingerprint density at radius 2 is 1.66 bits per heavy atom. The molecular formula is C19H18Cl2FNO5S. The van der Waals surface area contributed by atoms with Crippen molar-refractivity contribution in [2.75, 3.05) is 11.3 Å². The number of nitrogens with one attached hydrogen (secondary N) is 1. The SMILES string of the molecule is CC(C)(C)C(=O)COC(=O)c1cc(S(=O)(=O)Nc2ccc(F)cc2)c(Cl)cc1Cl. The highest BCUT2D eigenvalue weighted by molar-refractivity contribution is 7.92. The number of ketones is 1. The molecule has 0 bridgehead atoms. The van der Waals surface area contributed by atoms with Crippen LogP contribution in [0.4, 0.5) is 10.1 Å². The number of halogens is 3. The van der Waals surface area contributed by atoms with Crippen LogP contribution in [0.1, 0.15) is 31.1 Å². The van der Waals surface area contributed by atoms with Crippen molar-refractivity contribution in [3.8, 4) is 0 Å². The molecule has 0 saturated carbocycles. The molecule has 2 rings (SSSR count). The van der Waals surface area contributed by atoms with Crippen LogP contribution in [0.2, 0.25) is 10.0 Å². The van der Waals surface area contributed by atoms with E-state index in [0.717, 1.165) is 24.3 Å². The molecule has 2 aromatic carbocycles. The Morgan fingerprint density at radius 3 is 2.21 bits per heavy atom. The average molecular weight is 462 g/mol. The van der Waals surface area contributed by atoms with Gasteiger partial charge in [-0.05, 0) is 36.4 Å². The number of anilines is 1. The number of carbonyl (C=O) groups is 2. The van der Waals surface area contributed by atoms with Crippen molar-refractivity contribution in [3.63, 3.8) is 0 Å². The maximum absolute atomic E-state index is 13.0. The van der Waals surface area contributed by atoms with Gasteiger partial charge in [-0.3, -0.25) is 9.52 Å². The van der Waals surface area contributed by atoms with Gasteiger partial charge in [-0.25, -0.2) is 17.6 Å².